The van der Waals surface area contributed by atoms with E-state index in [1.54, 1.807) is 0 Å². The minimum absolute atomic E-state index is 0.115. The van der Waals surface area contributed by atoms with Crippen LogP contribution < -0.4 is 5.73 Å². The van der Waals surface area contributed by atoms with Gasteiger partial charge in [-0.3, -0.25) is 4.79 Å². The molecule has 1 aliphatic carbocycles. The predicted molar refractivity (Wildman–Crippen MR) is 46.6 cm³/mol. The van der Waals surface area contributed by atoms with E-state index in [-0.39, 0.29) is 11.8 Å². The normalized spacial score (nSPS) is 27.4. The molecule has 0 spiro atoms. The van der Waals surface area contributed by atoms with Crippen LogP contribution in [0.4, 0.5) is 0 Å². The van der Waals surface area contributed by atoms with Crippen molar-refractivity contribution in [1.29, 1.82) is 0 Å². The molecule has 1 aliphatic rings. The molecule has 0 bridgehead atoms. The zero-order chi connectivity index (χ0) is 9.03. The molecule has 1 unspecified atom stereocenters. The maximum absolute atomic E-state index is 10.5. The Balaban J connectivity index is 2.69. The summed E-state index contributed by atoms with van der Waals surface area (Å²) in [5.41, 5.74) is 5.19. The number of carboxylic acids is 1. The molecule has 0 heterocycles. The summed E-state index contributed by atoms with van der Waals surface area (Å²) in [5.74, 6) is -0.791. The van der Waals surface area contributed by atoms with Crippen molar-refractivity contribution in [1.82, 2.24) is 0 Å². The van der Waals surface area contributed by atoms with E-state index in [2.05, 4.69) is 0 Å². The van der Waals surface area contributed by atoms with Crippen LogP contribution in [0.3, 0.4) is 0 Å². The molecule has 0 fully saturated rings. The highest BCUT2D eigenvalue weighted by Crippen LogP contribution is 2.30. The van der Waals surface area contributed by atoms with Crippen molar-refractivity contribution in [2.75, 3.05) is 6.54 Å². The quantitative estimate of drug-likeness (QED) is 0.657. The van der Waals surface area contributed by atoms with Crippen LogP contribution in [0.5, 0.6) is 0 Å². The molecular weight excluding hydrogens is 154 g/mol. The molecule has 0 aliphatic heterocycles. The molecular formula is C9H13NO2. The topological polar surface area (TPSA) is 63.3 Å². The van der Waals surface area contributed by atoms with Gasteiger partial charge < -0.3 is 10.8 Å². The molecule has 3 heteroatoms. The molecule has 12 heavy (non-hydrogen) atoms. The van der Waals surface area contributed by atoms with Gasteiger partial charge in [0.25, 0.3) is 0 Å². The van der Waals surface area contributed by atoms with Crippen LogP contribution in [0.2, 0.25) is 0 Å². The van der Waals surface area contributed by atoms with E-state index >= 15 is 0 Å². The average Bonchev–Trinajstić information content (AvgIpc) is 2.05. The minimum Gasteiger partial charge on any atom is -0.481 e. The van der Waals surface area contributed by atoms with Crippen molar-refractivity contribution in [3.63, 3.8) is 0 Å². The first-order valence-electron chi connectivity index (χ1n) is 3.95. The van der Waals surface area contributed by atoms with Gasteiger partial charge in [-0.2, -0.15) is 0 Å². The lowest BCUT2D eigenvalue weighted by atomic mass is 9.79. The number of allylic oxidation sites excluding steroid dienone is 3. The molecule has 1 rings (SSSR count). The largest absolute Gasteiger partial charge is 0.481 e. The van der Waals surface area contributed by atoms with Crippen molar-refractivity contribution in [3.05, 3.63) is 24.3 Å². The van der Waals surface area contributed by atoms with E-state index in [0.717, 1.165) is 6.42 Å². The van der Waals surface area contributed by atoms with Gasteiger partial charge in [-0.05, 0) is 6.42 Å². The lowest BCUT2D eigenvalue weighted by Crippen LogP contribution is -2.31. The fourth-order valence-electron chi connectivity index (χ4n) is 1.36. The number of hydrogen-bond donors (Lipinski definition) is 2. The van der Waals surface area contributed by atoms with Crippen LogP contribution in [0.15, 0.2) is 24.3 Å². The van der Waals surface area contributed by atoms with Crippen molar-refractivity contribution in [3.8, 4) is 0 Å². The summed E-state index contributed by atoms with van der Waals surface area (Å²) in [6.45, 7) is 0.389. The van der Waals surface area contributed by atoms with Gasteiger partial charge in [0.1, 0.15) is 0 Å². The Kier molecular flexibility index (Phi) is 2.65. The molecule has 1 atom stereocenters. The second-order valence-electron chi connectivity index (χ2n) is 3.13. The number of carbonyl (C=O) groups is 1. The monoisotopic (exact) mass is 167 g/mol. The number of nitrogens with two attached hydrogens (primary N) is 1. The third-order valence-electron chi connectivity index (χ3n) is 2.13. The Morgan fingerprint density at radius 1 is 1.58 bits per heavy atom. The minimum atomic E-state index is -0.791. The van der Waals surface area contributed by atoms with Crippen LogP contribution in [-0.2, 0) is 4.79 Å². The summed E-state index contributed by atoms with van der Waals surface area (Å²) in [6.07, 6.45) is 8.46. The Labute approximate surface area is 71.6 Å². The van der Waals surface area contributed by atoms with Crippen molar-refractivity contribution >= 4 is 5.97 Å². The van der Waals surface area contributed by atoms with E-state index in [4.69, 9.17) is 10.8 Å². The Hall–Kier alpha value is -1.09. The van der Waals surface area contributed by atoms with Crippen LogP contribution in [0.1, 0.15) is 12.8 Å². The molecule has 0 saturated carbocycles. The first kappa shape index (κ1) is 9.00. The van der Waals surface area contributed by atoms with Gasteiger partial charge in [-0.25, -0.2) is 0 Å². The average molecular weight is 167 g/mol. The van der Waals surface area contributed by atoms with Gasteiger partial charge >= 0.3 is 5.97 Å². The third-order valence-corrected chi connectivity index (χ3v) is 2.13. The molecule has 3 N–H and O–H groups in total. The van der Waals surface area contributed by atoms with E-state index in [0.29, 0.717) is 6.54 Å². The summed E-state index contributed by atoms with van der Waals surface area (Å²) >= 11 is 0. The van der Waals surface area contributed by atoms with Crippen LogP contribution in [0.25, 0.3) is 0 Å². The Morgan fingerprint density at radius 2 is 2.33 bits per heavy atom. The van der Waals surface area contributed by atoms with Gasteiger partial charge in [0.2, 0.25) is 0 Å². The highest BCUT2D eigenvalue weighted by atomic mass is 16.4. The summed E-state index contributed by atoms with van der Waals surface area (Å²) in [7, 11) is 0. The zero-order valence-corrected chi connectivity index (χ0v) is 6.86. The molecule has 66 valence electrons. The van der Waals surface area contributed by atoms with Crippen molar-refractivity contribution < 1.29 is 9.90 Å². The molecule has 0 aromatic rings. The Bertz CT molecular complexity index is 233. The van der Waals surface area contributed by atoms with Crippen LogP contribution >= 0.6 is 0 Å². The summed E-state index contributed by atoms with van der Waals surface area (Å²) in [6, 6.07) is 0. The number of hydrogen-bond acceptors (Lipinski definition) is 2. The number of carboxylic acid groups (broad SMARTS) is 1. The number of aliphatic carboxylic acids is 1. The van der Waals surface area contributed by atoms with Gasteiger partial charge in [0, 0.05) is 12.0 Å². The van der Waals surface area contributed by atoms with Crippen LogP contribution in [-0.4, -0.2) is 17.6 Å². The first-order valence-corrected chi connectivity index (χ1v) is 3.95. The molecule has 3 nitrogen and oxygen atoms in total. The van der Waals surface area contributed by atoms with Gasteiger partial charge in [0.15, 0.2) is 0 Å². The molecule has 0 aromatic heterocycles. The van der Waals surface area contributed by atoms with E-state index in [1.165, 1.54) is 0 Å². The standard InChI is InChI=1S/C9H13NO2/c10-7-9(6-8(11)12)4-2-1-3-5-9/h1-4H,5-7,10H2,(H,11,12). The maximum atomic E-state index is 10.5. The van der Waals surface area contributed by atoms with Crippen LogP contribution in [0, 0.1) is 5.41 Å². The lowest BCUT2D eigenvalue weighted by molar-refractivity contribution is -0.138. The second kappa shape index (κ2) is 3.54. The molecule has 0 saturated heterocycles. The maximum Gasteiger partial charge on any atom is 0.304 e. The SMILES string of the molecule is NCC1(CC(=O)O)C=CC=CC1. The van der Waals surface area contributed by atoms with Gasteiger partial charge in [-0.1, -0.05) is 24.3 Å². The van der Waals surface area contributed by atoms with Crippen molar-refractivity contribution in [2.24, 2.45) is 11.1 Å². The molecule has 0 radical (unpaired) electrons. The third kappa shape index (κ3) is 1.95. The predicted octanol–water partition coefficient (Wildman–Crippen LogP) is 0.922. The Morgan fingerprint density at radius 3 is 2.75 bits per heavy atom. The summed E-state index contributed by atoms with van der Waals surface area (Å²) in [4.78, 5) is 10.5. The van der Waals surface area contributed by atoms with E-state index < -0.39 is 5.97 Å². The summed E-state index contributed by atoms with van der Waals surface area (Å²) < 4.78 is 0. The fraction of sp³-hybridized carbons (Fsp3) is 0.444. The highest BCUT2D eigenvalue weighted by Gasteiger charge is 2.28. The number of rotatable bonds is 3. The van der Waals surface area contributed by atoms with Gasteiger partial charge in [0.05, 0.1) is 6.42 Å². The highest BCUT2D eigenvalue weighted by molar-refractivity contribution is 5.68. The smallest absolute Gasteiger partial charge is 0.304 e. The molecule has 0 aromatic carbocycles. The lowest BCUT2D eigenvalue weighted by Gasteiger charge is -2.27. The molecule has 0 amide bonds. The second-order valence-corrected chi connectivity index (χ2v) is 3.13. The zero-order valence-electron chi connectivity index (χ0n) is 6.86. The summed E-state index contributed by atoms with van der Waals surface area (Å²) in [5, 5.41) is 8.65. The van der Waals surface area contributed by atoms with Gasteiger partial charge in [-0.15, -0.1) is 0 Å². The van der Waals surface area contributed by atoms with Crippen molar-refractivity contribution in [2.45, 2.75) is 12.8 Å². The van der Waals surface area contributed by atoms with E-state index in [1.807, 2.05) is 24.3 Å². The fourth-order valence-corrected chi connectivity index (χ4v) is 1.36. The van der Waals surface area contributed by atoms with E-state index in [9.17, 15) is 4.79 Å². The first-order chi connectivity index (χ1) is 5.68.